The minimum absolute atomic E-state index is 0.0111. The highest BCUT2D eigenvalue weighted by molar-refractivity contribution is 6.07. The van der Waals surface area contributed by atoms with Crippen molar-refractivity contribution in [3.63, 3.8) is 0 Å². The minimum atomic E-state index is -0.555. The number of imidazole rings is 1. The van der Waals surface area contributed by atoms with E-state index < -0.39 is 17.8 Å². The highest BCUT2D eigenvalue weighted by atomic mass is 16.5. The van der Waals surface area contributed by atoms with Crippen LogP contribution in [0, 0.1) is 0 Å². The zero-order chi connectivity index (χ0) is 37.1. The number of ether oxygens (including phenoxy) is 3. The predicted octanol–water partition coefficient (Wildman–Crippen LogP) is 3.52. The number of carbonyl (C=O) groups is 5. The topological polar surface area (TPSA) is 192 Å². The quantitative estimate of drug-likeness (QED) is 0.146. The molecular formula is C35H39N9O8. The molecular weight excluding hydrogens is 674 g/mol. The number of fused-ring (bicyclic) bond motifs is 2. The second-order valence-corrected chi connectivity index (χ2v) is 12.4. The van der Waals surface area contributed by atoms with Gasteiger partial charge >= 0.3 is 5.97 Å². The summed E-state index contributed by atoms with van der Waals surface area (Å²) in [5.74, 6) is -0.906. The zero-order valence-electron chi connectivity index (χ0n) is 29.4. The van der Waals surface area contributed by atoms with E-state index >= 15 is 0 Å². The van der Waals surface area contributed by atoms with Crippen LogP contribution in [0.15, 0.2) is 47.8 Å². The third-order valence-corrected chi connectivity index (χ3v) is 8.76. The molecule has 4 aromatic rings. The highest BCUT2D eigenvalue weighted by Crippen LogP contribution is 2.38. The number of aromatic nitrogens is 4. The van der Waals surface area contributed by atoms with Crippen LogP contribution in [-0.2, 0) is 30.7 Å². The number of hydrogen-bond donors (Lipinski definition) is 3. The van der Waals surface area contributed by atoms with Crippen LogP contribution in [0.2, 0.25) is 0 Å². The van der Waals surface area contributed by atoms with E-state index in [4.69, 9.17) is 14.2 Å². The molecule has 4 amide bonds. The van der Waals surface area contributed by atoms with E-state index in [-0.39, 0.29) is 53.9 Å². The Balaban J connectivity index is 1.00. The van der Waals surface area contributed by atoms with Crippen molar-refractivity contribution in [3.8, 4) is 11.5 Å². The molecule has 17 heteroatoms. The number of amides is 4. The summed E-state index contributed by atoms with van der Waals surface area (Å²) in [5.41, 5.74) is 2.24. The van der Waals surface area contributed by atoms with Crippen LogP contribution in [0.1, 0.15) is 67.6 Å². The third-order valence-electron chi connectivity index (χ3n) is 8.76. The fraction of sp³-hybridized carbons (Fsp3) is 0.343. The van der Waals surface area contributed by atoms with Gasteiger partial charge in [-0.15, -0.1) is 0 Å². The Labute approximate surface area is 298 Å². The first kappa shape index (κ1) is 35.4. The van der Waals surface area contributed by atoms with Gasteiger partial charge in [-0.25, -0.2) is 9.78 Å². The SMILES string of the molecule is COC(=O)c1cc(NC(=O)c2cc(NC(=O)c3nc(NC(=O)CCCOc4cc5c(cc4OC)C(=O)N4CCC[C@H]4C=N5)cn3C)cn2C)cn1C. The second kappa shape index (κ2) is 14.8. The molecule has 0 aliphatic carbocycles. The van der Waals surface area contributed by atoms with E-state index in [0.717, 1.165) is 12.8 Å². The van der Waals surface area contributed by atoms with Crippen LogP contribution in [0.5, 0.6) is 11.5 Å². The monoisotopic (exact) mass is 713 g/mol. The van der Waals surface area contributed by atoms with E-state index in [9.17, 15) is 24.0 Å². The van der Waals surface area contributed by atoms with Gasteiger partial charge in [0.05, 0.1) is 49.5 Å². The maximum Gasteiger partial charge on any atom is 0.354 e. The molecule has 0 bridgehead atoms. The average Bonchev–Trinajstić information content (AvgIpc) is 3.90. The predicted molar refractivity (Wildman–Crippen MR) is 190 cm³/mol. The fourth-order valence-electron chi connectivity index (χ4n) is 6.16. The molecule has 0 unspecified atom stereocenters. The van der Waals surface area contributed by atoms with Crippen molar-refractivity contribution in [2.24, 2.45) is 26.1 Å². The van der Waals surface area contributed by atoms with E-state index in [1.165, 1.54) is 41.7 Å². The lowest BCUT2D eigenvalue weighted by atomic mass is 10.1. The molecule has 1 saturated heterocycles. The summed E-state index contributed by atoms with van der Waals surface area (Å²) >= 11 is 0. The molecule has 1 fully saturated rings. The number of carbonyl (C=O) groups excluding carboxylic acids is 5. The number of methoxy groups -OCH3 is 2. The molecule has 272 valence electrons. The van der Waals surface area contributed by atoms with Crippen LogP contribution in [-0.4, -0.2) is 92.8 Å². The van der Waals surface area contributed by atoms with Crippen molar-refractivity contribution in [3.05, 3.63) is 65.6 Å². The van der Waals surface area contributed by atoms with Crippen LogP contribution >= 0.6 is 0 Å². The van der Waals surface area contributed by atoms with Crippen molar-refractivity contribution in [1.29, 1.82) is 0 Å². The Kier molecular flexibility index (Phi) is 10.1. The Morgan fingerprint density at radius 2 is 1.58 bits per heavy atom. The molecule has 3 N–H and O–H groups in total. The summed E-state index contributed by atoms with van der Waals surface area (Å²) < 4.78 is 20.7. The van der Waals surface area contributed by atoms with Gasteiger partial charge in [-0.05, 0) is 37.5 Å². The average molecular weight is 714 g/mol. The molecule has 0 radical (unpaired) electrons. The lowest BCUT2D eigenvalue weighted by Gasteiger charge is -2.20. The Hall–Kier alpha value is -6.39. The van der Waals surface area contributed by atoms with Crippen LogP contribution in [0.4, 0.5) is 22.9 Å². The van der Waals surface area contributed by atoms with E-state index in [1.54, 1.807) is 56.5 Å². The summed E-state index contributed by atoms with van der Waals surface area (Å²) in [7, 11) is 7.70. The van der Waals surface area contributed by atoms with Gasteiger partial charge in [0.25, 0.3) is 17.7 Å². The summed E-state index contributed by atoms with van der Waals surface area (Å²) in [6.45, 7) is 0.891. The van der Waals surface area contributed by atoms with Crippen LogP contribution < -0.4 is 25.4 Å². The first-order chi connectivity index (χ1) is 24.9. The number of hydrogen-bond acceptors (Lipinski definition) is 10. The van der Waals surface area contributed by atoms with Crippen molar-refractivity contribution in [1.82, 2.24) is 23.6 Å². The molecule has 3 aromatic heterocycles. The van der Waals surface area contributed by atoms with Crippen molar-refractivity contribution < 1.29 is 38.2 Å². The number of aliphatic imine (C=N–C) groups is 1. The lowest BCUT2D eigenvalue weighted by molar-refractivity contribution is -0.116. The van der Waals surface area contributed by atoms with E-state index in [0.29, 0.717) is 47.1 Å². The smallest absolute Gasteiger partial charge is 0.354 e. The van der Waals surface area contributed by atoms with Gasteiger partial charge in [-0.3, -0.25) is 24.2 Å². The largest absolute Gasteiger partial charge is 0.493 e. The minimum Gasteiger partial charge on any atom is -0.493 e. The first-order valence-corrected chi connectivity index (χ1v) is 16.5. The van der Waals surface area contributed by atoms with E-state index in [1.807, 2.05) is 4.90 Å². The van der Waals surface area contributed by atoms with Crippen molar-refractivity contribution in [2.75, 3.05) is 43.3 Å². The van der Waals surface area contributed by atoms with Crippen molar-refractivity contribution in [2.45, 2.75) is 31.7 Å². The van der Waals surface area contributed by atoms with Crippen LogP contribution in [0.3, 0.4) is 0 Å². The number of anilines is 3. The molecule has 0 spiro atoms. The van der Waals surface area contributed by atoms with E-state index in [2.05, 4.69) is 25.9 Å². The molecule has 0 saturated carbocycles. The van der Waals surface area contributed by atoms with Crippen molar-refractivity contribution >= 4 is 58.7 Å². The van der Waals surface area contributed by atoms with Gasteiger partial charge in [-0.1, -0.05) is 0 Å². The number of aryl methyl sites for hydroxylation is 3. The summed E-state index contributed by atoms with van der Waals surface area (Å²) in [5, 5.41) is 8.16. The maximum atomic E-state index is 13.1. The summed E-state index contributed by atoms with van der Waals surface area (Å²) in [6, 6.07) is 6.32. The molecule has 17 nitrogen and oxygen atoms in total. The van der Waals surface area contributed by atoms with Gasteiger partial charge in [0.15, 0.2) is 17.3 Å². The molecule has 2 aliphatic heterocycles. The maximum absolute atomic E-state index is 13.1. The summed E-state index contributed by atoms with van der Waals surface area (Å²) in [4.78, 5) is 74.4. The fourth-order valence-corrected chi connectivity index (χ4v) is 6.16. The number of esters is 1. The third kappa shape index (κ3) is 7.38. The molecule has 5 heterocycles. The molecule has 6 rings (SSSR count). The normalized spacial score (nSPS) is 14.7. The lowest BCUT2D eigenvalue weighted by Crippen LogP contribution is -2.35. The Morgan fingerprint density at radius 1 is 0.865 bits per heavy atom. The number of benzene rings is 1. The van der Waals surface area contributed by atoms with Gasteiger partial charge < -0.3 is 48.8 Å². The zero-order valence-corrected chi connectivity index (χ0v) is 29.4. The Morgan fingerprint density at radius 3 is 2.31 bits per heavy atom. The highest BCUT2D eigenvalue weighted by Gasteiger charge is 2.32. The molecule has 2 aliphatic rings. The molecule has 1 aromatic carbocycles. The second-order valence-electron chi connectivity index (χ2n) is 12.4. The molecule has 52 heavy (non-hydrogen) atoms. The van der Waals surface area contributed by atoms with Gasteiger partial charge in [0.2, 0.25) is 11.7 Å². The number of nitrogens with zero attached hydrogens (tertiary/aromatic N) is 6. The van der Waals surface area contributed by atoms with Gasteiger partial charge in [-0.2, -0.15) is 0 Å². The van der Waals surface area contributed by atoms with Gasteiger partial charge in [0, 0.05) is 65.0 Å². The number of nitrogens with one attached hydrogen (secondary N) is 3. The summed E-state index contributed by atoms with van der Waals surface area (Å²) in [6.07, 6.45) is 8.78. The van der Waals surface area contributed by atoms with Crippen LogP contribution in [0.25, 0.3) is 0 Å². The number of rotatable bonds is 12. The van der Waals surface area contributed by atoms with Gasteiger partial charge in [0.1, 0.15) is 11.4 Å². The first-order valence-electron chi connectivity index (χ1n) is 16.5. The Bertz CT molecular complexity index is 2090. The molecule has 1 atom stereocenters. The standard InChI is InChI=1S/C35H39N9O8/c1-41-17-20(12-25(41)32(46)37-21-13-26(35(49)51-5)42(2)18-21)38-33(47)31-40-29(19-43(31)3)39-30(45)9-7-11-52-28-15-24-23(14-27(28)50-4)34(48)44-10-6-8-22(44)16-36-24/h12-19,22H,6-11H2,1-5H3,(H,37,46)(H,38,47)(H,39,45)/t22-/m0/s1.